The highest BCUT2D eigenvalue weighted by atomic mass is 16.5. The Kier molecular flexibility index (Phi) is 4.14. The number of nitrogens with zero attached hydrogens (tertiary/aromatic N) is 4. The molecule has 0 amide bonds. The van der Waals surface area contributed by atoms with Gasteiger partial charge in [0.05, 0.1) is 5.69 Å². The topological polar surface area (TPSA) is 41.5 Å². The third kappa shape index (κ3) is 2.91. The van der Waals surface area contributed by atoms with Crippen molar-refractivity contribution >= 4 is 16.6 Å². The summed E-state index contributed by atoms with van der Waals surface area (Å²) in [5.41, 5.74) is 1.00. The average molecular weight is 312 g/mol. The van der Waals surface area contributed by atoms with Gasteiger partial charge in [-0.25, -0.2) is 0 Å². The minimum absolute atomic E-state index is 0.701. The summed E-state index contributed by atoms with van der Waals surface area (Å²) in [5.74, 6) is 1.04. The maximum atomic E-state index is 5.49. The minimum atomic E-state index is 0.701. The number of ether oxygens (including phenoxy) is 1. The number of aromatic nitrogens is 2. The van der Waals surface area contributed by atoms with Crippen molar-refractivity contribution in [1.82, 2.24) is 15.1 Å². The molecule has 5 nitrogen and oxygen atoms in total. The average Bonchev–Trinajstić information content (AvgIpc) is 2.63. The lowest BCUT2D eigenvalue weighted by atomic mass is 10.1. The zero-order valence-corrected chi connectivity index (χ0v) is 13.7. The van der Waals surface area contributed by atoms with Gasteiger partial charge in [0.25, 0.3) is 0 Å². The van der Waals surface area contributed by atoms with Gasteiger partial charge in [-0.3, -0.25) is 4.90 Å². The SMILES string of the molecule is Cc1nnc(N2CCN(C3CCOCC3)CC2)c2ccccc12. The Bertz CT molecular complexity index is 676. The van der Waals surface area contributed by atoms with Crippen LogP contribution in [0.3, 0.4) is 0 Å². The molecule has 0 atom stereocenters. The molecular weight excluding hydrogens is 288 g/mol. The lowest BCUT2D eigenvalue weighted by Gasteiger charge is -2.41. The van der Waals surface area contributed by atoms with Crippen LogP contribution in [0, 0.1) is 6.92 Å². The van der Waals surface area contributed by atoms with E-state index in [1.807, 2.05) is 6.92 Å². The van der Waals surface area contributed by atoms with E-state index in [-0.39, 0.29) is 0 Å². The van der Waals surface area contributed by atoms with Crippen molar-refractivity contribution in [2.45, 2.75) is 25.8 Å². The summed E-state index contributed by atoms with van der Waals surface area (Å²) in [6.45, 7) is 8.13. The van der Waals surface area contributed by atoms with Crippen LogP contribution in [0.2, 0.25) is 0 Å². The van der Waals surface area contributed by atoms with Gasteiger partial charge in [-0.1, -0.05) is 24.3 Å². The smallest absolute Gasteiger partial charge is 0.159 e. The van der Waals surface area contributed by atoms with Crippen molar-refractivity contribution in [1.29, 1.82) is 0 Å². The molecule has 1 aromatic heterocycles. The quantitative estimate of drug-likeness (QED) is 0.851. The van der Waals surface area contributed by atoms with Crippen molar-refractivity contribution < 1.29 is 4.74 Å². The van der Waals surface area contributed by atoms with Crippen LogP contribution in [-0.2, 0) is 4.74 Å². The molecule has 2 aliphatic heterocycles. The highest BCUT2D eigenvalue weighted by Gasteiger charge is 2.26. The number of fused-ring (bicyclic) bond motifs is 1. The summed E-state index contributed by atoms with van der Waals surface area (Å²) in [7, 11) is 0. The van der Waals surface area contributed by atoms with E-state index in [1.54, 1.807) is 0 Å². The Hall–Kier alpha value is -1.72. The molecule has 0 unspecified atom stereocenters. The number of aryl methyl sites for hydroxylation is 1. The van der Waals surface area contributed by atoms with Gasteiger partial charge in [-0.15, -0.1) is 5.10 Å². The molecule has 2 saturated heterocycles. The van der Waals surface area contributed by atoms with Crippen molar-refractivity contribution in [3.63, 3.8) is 0 Å². The van der Waals surface area contributed by atoms with Gasteiger partial charge in [0.1, 0.15) is 0 Å². The third-order valence-electron chi connectivity index (χ3n) is 5.17. The highest BCUT2D eigenvalue weighted by Crippen LogP contribution is 2.27. The summed E-state index contributed by atoms with van der Waals surface area (Å²) in [4.78, 5) is 5.02. The van der Waals surface area contributed by atoms with Crippen molar-refractivity contribution in [3.05, 3.63) is 30.0 Å². The van der Waals surface area contributed by atoms with Gasteiger partial charge < -0.3 is 9.64 Å². The van der Waals surface area contributed by atoms with Crippen LogP contribution in [-0.4, -0.2) is 60.5 Å². The Morgan fingerprint density at radius 2 is 1.65 bits per heavy atom. The van der Waals surface area contributed by atoms with E-state index in [9.17, 15) is 0 Å². The molecule has 2 fully saturated rings. The van der Waals surface area contributed by atoms with Crippen LogP contribution in [0.5, 0.6) is 0 Å². The van der Waals surface area contributed by atoms with Gasteiger partial charge in [-0.2, -0.15) is 5.10 Å². The van der Waals surface area contributed by atoms with E-state index in [0.29, 0.717) is 6.04 Å². The van der Waals surface area contributed by atoms with Crippen LogP contribution in [0.1, 0.15) is 18.5 Å². The highest BCUT2D eigenvalue weighted by molar-refractivity contribution is 5.93. The molecule has 0 N–H and O–H groups in total. The van der Waals surface area contributed by atoms with E-state index >= 15 is 0 Å². The second-order valence-corrected chi connectivity index (χ2v) is 6.52. The van der Waals surface area contributed by atoms with E-state index in [2.05, 4.69) is 44.3 Å². The Morgan fingerprint density at radius 3 is 2.39 bits per heavy atom. The summed E-state index contributed by atoms with van der Waals surface area (Å²) in [6, 6.07) is 9.17. The second-order valence-electron chi connectivity index (χ2n) is 6.52. The first-order valence-corrected chi connectivity index (χ1v) is 8.62. The molecule has 0 aliphatic carbocycles. The predicted molar refractivity (Wildman–Crippen MR) is 91.9 cm³/mol. The third-order valence-corrected chi connectivity index (χ3v) is 5.17. The minimum Gasteiger partial charge on any atom is -0.381 e. The number of anilines is 1. The first-order chi connectivity index (χ1) is 11.3. The van der Waals surface area contributed by atoms with Gasteiger partial charge in [0.2, 0.25) is 0 Å². The molecule has 2 aliphatic rings. The molecule has 23 heavy (non-hydrogen) atoms. The van der Waals surface area contributed by atoms with Crippen molar-refractivity contribution in [2.75, 3.05) is 44.3 Å². The fraction of sp³-hybridized carbons (Fsp3) is 0.556. The first-order valence-electron chi connectivity index (χ1n) is 8.62. The fourth-order valence-corrected chi connectivity index (χ4v) is 3.81. The summed E-state index contributed by atoms with van der Waals surface area (Å²) in [5, 5.41) is 11.3. The summed E-state index contributed by atoms with van der Waals surface area (Å²) < 4.78 is 5.49. The lowest BCUT2D eigenvalue weighted by molar-refractivity contribution is 0.0321. The zero-order valence-electron chi connectivity index (χ0n) is 13.7. The van der Waals surface area contributed by atoms with Crippen LogP contribution < -0.4 is 4.90 Å². The fourth-order valence-electron chi connectivity index (χ4n) is 3.81. The van der Waals surface area contributed by atoms with E-state index in [0.717, 1.165) is 50.9 Å². The molecule has 3 heterocycles. The molecule has 4 rings (SSSR count). The van der Waals surface area contributed by atoms with Gasteiger partial charge in [0.15, 0.2) is 5.82 Å². The number of rotatable bonds is 2. The van der Waals surface area contributed by atoms with E-state index in [4.69, 9.17) is 4.74 Å². The maximum absolute atomic E-state index is 5.49. The Morgan fingerprint density at radius 1 is 0.957 bits per heavy atom. The Labute approximate surface area is 137 Å². The predicted octanol–water partition coefficient (Wildman–Crippen LogP) is 2.24. The van der Waals surface area contributed by atoms with Gasteiger partial charge in [-0.05, 0) is 19.8 Å². The number of hydrogen-bond acceptors (Lipinski definition) is 5. The van der Waals surface area contributed by atoms with E-state index < -0.39 is 0 Å². The molecule has 0 saturated carbocycles. The molecular formula is C18H24N4O. The van der Waals surface area contributed by atoms with Crippen LogP contribution in [0.25, 0.3) is 10.8 Å². The van der Waals surface area contributed by atoms with Crippen LogP contribution in [0.4, 0.5) is 5.82 Å². The lowest BCUT2D eigenvalue weighted by Crippen LogP contribution is -2.52. The first kappa shape index (κ1) is 14.8. The number of hydrogen-bond donors (Lipinski definition) is 0. The molecule has 0 radical (unpaired) electrons. The summed E-state index contributed by atoms with van der Waals surface area (Å²) >= 11 is 0. The van der Waals surface area contributed by atoms with Crippen molar-refractivity contribution in [3.8, 4) is 0 Å². The van der Waals surface area contributed by atoms with Gasteiger partial charge in [0, 0.05) is 56.2 Å². The summed E-state index contributed by atoms with van der Waals surface area (Å²) in [6.07, 6.45) is 2.35. The van der Waals surface area contributed by atoms with Crippen LogP contribution >= 0.6 is 0 Å². The zero-order chi connectivity index (χ0) is 15.6. The molecule has 2 aromatic rings. The van der Waals surface area contributed by atoms with Crippen LogP contribution in [0.15, 0.2) is 24.3 Å². The molecule has 122 valence electrons. The molecule has 0 bridgehead atoms. The monoisotopic (exact) mass is 312 g/mol. The van der Waals surface area contributed by atoms with Gasteiger partial charge >= 0.3 is 0 Å². The maximum Gasteiger partial charge on any atom is 0.159 e. The normalized spacial score (nSPS) is 21.0. The number of benzene rings is 1. The number of piperazine rings is 1. The van der Waals surface area contributed by atoms with Crippen molar-refractivity contribution in [2.24, 2.45) is 0 Å². The molecule has 5 heteroatoms. The molecule has 0 spiro atoms. The Balaban J connectivity index is 1.51. The standard InChI is InChI=1S/C18H24N4O/c1-14-16-4-2-3-5-17(16)18(20-19-14)22-10-8-21(9-11-22)15-6-12-23-13-7-15/h2-5,15H,6-13H2,1H3. The second kappa shape index (κ2) is 6.42. The van der Waals surface area contributed by atoms with E-state index in [1.165, 1.54) is 23.6 Å². The largest absolute Gasteiger partial charge is 0.381 e. The molecule has 1 aromatic carbocycles.